The molecule has 0 fully saturated rings. The molecule has 3 N–H and O–H groups in total. The average Bonchev–Trinajstić information content (AvgIpc) is 2.27. The Bertz CT molecular complexity index is 573. The first-order valence-electron chi connectivity index (χ1n) is 5.65. The van der Waals surface area contributed by atoms with Crippen LogP contribution in [0.1, 0.15) is 26.3 Å². The molecule has 1 aromatic rings. The standard InChI is InChI=1S/C13H16N2O4/c1-13(2,3)19-12(18)14-6-4-5-9-7-10(16)11(17)15-8-9/h7-8,16H,6H2,1-3H3,(H,14,18)(H,15,17). The molecule has 1 heterocycles. The number of alkyl carbamates (subject to hydrolysis) is 1. The summed E-state index contributed by atoms with van der Waals surface area (Å²) in [6.45, 7) is 5.40. The number of hydrogen-bond acceptors (Lipinski definition) is 4. The number of ether oxygens (including phenoxy) is 1. The van der Waals surface area contributed by atoms with Gasteiger partial charge in [0.1, 0.15) is 5.60 Å². The summed E-state index contributed by atoms with van der Waals surface area (Å²) in [6.07, 6.45) is 0.828. The Morgan fingerprint density at radius 3 is 2.79 bits per heavy atom. The normalized spacial score (nSPS) is 10.3. The van der Waals surface area contributed by atoms with Crippen LogP contribution in [0.2, 0.25) is 0 Å². The Kier molecular flexibility index (Phi) is 4.59. The number of carbonyl (C=O) groups excluding carboxylic acids is 1. The van der Waals surface area contributed by atoms with Crippen molar-refractivity contribution < 1.29 is 14.6 Å². The Morgan fingerprint density at radius 2 is 2.21 bits per heavy atom. The minimum Gasteiger partial charge on any atom is -0.503 e. The summed E-state index contributed by atoms with van der Waals surface area (Å²) < 4.78 is 5.02. The molecule has 0 aliphatic rings. The monoisotopic (exact) mass is 264 g/mol. The molecule has 0 aliphatic carbocycles. The highest BCUT2D eigenvalue weighted by Gasteiger charge is 2.14. The van der Waals surface area contributed by atoms with Gasteiger partial charge in [-0.15, -0.1) is 0 Å². The highest BCUT2D eigenvalue weighted by atomic mass is 16.6. The van der Waals surface area contributed by atoms with E-state index in [1.165, 1.54) is 12.3 Å². The maximum absolute atomic E-state index is 11.3. The van der Waals surface area contributed by atoms with Crippen LogP contribution < -0.4 is 10.9 Å². The van der Waals surface area contributed by atoms with Gasteiger partial charge in [0.15, 0.2) is 5.75 Å². The van der Waals surface area contributed by atoms with Crippen LogP contribution in [0.15, 0.2) is 17.1 Å². The van der Waals surface area contributed by atoms with Crippen molar-refractivity contribution in [1.29, 1.82) is 0 Å². The zero-order valence-corrected chi connectivity index (χ0v) is 11.0. The minimum atomic E-state index is -0.572. The van der Waals surface area contributed by atoms with E-state index in [1.807, 2.05) is 0 Å². The van der Waals surface area contributed by atoms with Crippen LogP contribution >= 0.6 is 0 Å². The fourth-order valence-electron chi connectivity index (χ4n) is 1.12. The van der Waals surface area contributed by atoms with Gasteiger partial charge in [0.25, 0.3) is 5.56 Å². The zero-order valence-electron chi connectivity index (χ0n) is 11.0. The van der Waals surface area contributed by atoms with Gasteiger partial charge in [0, 0.05) is 17.8 Å². The van der Waals surface area contributed by atoms with Gasteiger partial charge in [-0.05, 0) is 20.8 Å². The SMILES string of the molecule is CC(C)(C)OC(=O)NCC#Cc1c[nH]c(=O)c(O)c1. The molecule has 102 valence electrons. The Balaban J connectivity index is 2.50. The second kappa shape index (κ2) is 5.96. The maximum Gasteiger partial charge on any atom is 0.408 e. The Labute approximate surface area is 110 Å². The van der Waals surface area contributed by atoms with Crippen molar-refractivity contribution in [2.45, 2.75) is 26.4 Å². The number of pyridine rings is 1. The lowest BCUT2D eigenvalue weighted by Gasteiger charge is -2.18. The van der Waals surface area contributed by atoms with Gasteiger partial charge in [-0.2, -0.15) is 0 Å². The fraction of sp³-hybridized carbons (Fsp3) is 0.385. The number of hydrogen-bond donors (Lipinski definition) is 3. The van der Waals surface area contributed by atoms with E-state index in [2.05, 4.69) is 22.1 Å². The number of H-pyrrole nitrogens is 1. The maximum atomic E-state index is 11.3. The Hall–Kier alpha value is -2.42. The molecule has 0 saturated carbocycles. The summed E-state index contributed by atoms with van der Waals surface area (Å²) >= 11 is 0. The third-order valence-electron chi connectivity index (χ3n) is 1.84. The van der Waals surface area contributed by atoms with E-state index in [0.717, 1.165) is 0 Å². The van der Waals surface area contributed by atoms with Crippen LogP contribution in [0.4, 0.5) is 4.79 Å². The first-order chi connectivity index (χ1) is 8.78. The molecule has 1 amide bonds. The van der Waals surface area contributed by atoms with Crippen LogP contribution in [-0.2, 0) is 4.74 Å². The zero-order chi connectivity index (χ0) is 14.5. The predicted molar refractivity (Wildman–Crippen MR) is 69.8 cm³/mol. The first kappa shape index (κ1) is 14.6. The lowest BCUT2D eigenvalue weighted by molar-refractivity contribution is 0.0535. The molecular weight excluding hydrogens is 248 g/mol. The van der Waals surface area contributed by atoms with Gasteiger partial charge in [-0.3, -0.25) is 4.79 Å². The van der Waals surface area contributed by atoms with E-state index >= 15 is 0 Å². The van der Waals surface area contributed by atoms with E-state index in [-0.39, 0.29) is 6.54 Å². The quantitative estimate of drug-likeness (QED) is 0.659. The average molecular weight is 264 g/mol. The van der Waals surface area contributed by atoms with Crippen molar-refractivity contribution >= 4 is 6.09 Å². The third kappa shape index (κ3) is 5.64. The van der Waals surface area contributed by atoms with Gasteiger partial charge >= 0.3 is 6.09 Å². The number of carbonyl (C=O) groups is 1. The fourth-order valence-corrected chi connectivity index (χ4v) is 1.12. The summed E-state index contributed by atoms with van der Waals surface area (Å²) in [5.41, 5.74) is -0.678. The van der Waals surface area contributed by atoms with Crippen LogP contribution in [0.25, 0.3) is 0 Å². The predicted octanol–water partition coefficient (Wildman–Crippen LogP) is 0.957. The number of aromatic amines is 1. The summed E-state index contributed by atoms with van der Waals surface area (Å²) in [5.74, 6) is 4.95. The van der Waals surface area contributed by atoms with Crippen molar-refractivity contribution in [2.24, 2.45) is 0 Å². The molecule has 19 heavy (non-hydrogen) atoms. The smallest absolute Gasteiger partial charge is 0.408 e. The number of amides is 1. The summed E-state index contributed by atoms with van der Waals surface area (Å²) in [6, 6.07) is 1.25. The largest absolute Gasteiger partial charge is 0.503 e. The summed E-state index contributed by atoms with van der Waals surface area (Å²) in [4.78, 5) is 24.5. The third-order valence-corrected chi connectivity index (χ3v) is 1.84. The molecule has 1 aromatic heterocycles. The van der Waals surface area contributed by atoms with E-state index in [4.69, 9.17) is 4.74 Å². The Morgan fingerprint density at radius 1 is 1.53 bits per heavy atom. The molecule has 0 aromatic carbocycles. The van der Waals surface area contributed by atoms with Gasteiger partial charge in [0.2, 0.25) is 0 Å². The lowest BCUT2D eigenvalue weighted by atomic mass is 10.2. The summed E-state index contributed by atoms with van der Waals surface area (Å²) in [7, 11) is 0. The minimum absolute atomic E-state index is 0.106. The van der Waals surface area contributed by atoms with Gasteiger partial charge in [-0.1, -0.05) is 11.8 Å². The van der Waals surface area contributed by atoms with E-state index in [0.29, 0.717) is 5.56 Å². The number of nitrogens with one attached hydrogen (secondary N) is 2. The van der Waals surface area contributed by atoms with Crippen LogP contribution in [0, 0.1) is 11.8 Å². The van der Waals surface area contributed by atoms with Crippen molar-refractivity contribution in [2.75, 3.05) is 6.54 Å². The van der Waals surface area contributed by atoms with Crippen molar-refractivity contribution in [3.05, 3.63) is 28.2 Å². The lowest BCUT2D eigenvalue weighted by Crippen LogP contribution is -2.32. The van der Waals surface area contributed by atoms with E-state index in [1.54, 1.807) is 20.8 Å². The highest BCUT2D eigenvalue weighted by Crippen LogP contribution is 2.06. The van der Waals surface area contributed by atoms with E-state index in [9.17, 15) is 14.7 Å². The topological polar surface area (TPSA) is 91.4 Å². The molecule has 0 bridgehead atoms. The van der Waals surface area contributed by atoms with Gasteiger partial charge in [0.05, 0.1) is 6.54 Å². The number of aromatic nitrogens is 1. The van der Waals surface area contributed by atoms with Crippen molar-refractivity contribution in [1.82, 2.24) is 10.3 Å². The van der Waals surface area contributed by atoms with E-state index < -0.39 is 23.0 Å². The molecule has 0 saturated heterocycles. The molecular formula is C13H16N2O4. The first-order valence-corrected chi connectivity index (χ1v) is 5.65. The molecule has 0 atom stereocenters. The molecule has 0 spiro atoms. The molecule has 0 aliphatic heterocycles. The molecule has 6 nitrogen and oxygen atoms in total. The second-order valence-electron chi connectivity index (χ2n) is 4.76. The van der Waals surface area contributed by atoms with Crippen molar-refractivity contribution in [3.8, 4) is 17.6 Å². The molecule has 0 unspecified atom stereocenters. The second-order valence-corrected chi connectivity index (χ2v) is 4.76. The van der Waals surface area contributed by atoms with Crippen LogP contribution in [0.3, 0.4) is 0 Å². The molecule has 0 radical (unpaired) electrons. The summed E-state index contributed by atoms with van der Waals surface area (Å²) in [5, 5.41) is 11.6. The number of rotatable bonds is 1. The van der Waals surface area contributed by atoms with Crippen LogP contribution in [-0.4, -0.2) is 28.3 Å². The molecule has 6 heteroatoms. The van der Waals surface area contributed by atoms with Crippen molar-refractivity contribution in [3.63, 3.8) is 0 Å². The highest BCUT2D eigenvalue weighted by molar-refractivity contribution is 5.68. The number of aromatic hydroxyl groups is 1. The van der Waals surface area contributed by atoms with Gasteiger partial charge < -0.3 is 20.1 Å². The molecule has 1 rings (SSSR count). The van der Waals surface area contributed by atoms with Gasteiger partial charge in [-0.25, -0.2) is 4.79 Å². The van der Waals surface area contributed by atoms with Crippen LogP contribution in [0.5, 0.6) is 5.75 Å².